The molecule has 0 aliphatic heterocycles. The van der Waals surface area contributed by atoms with Crippen molar-refractivity contribution in [2.45, 2.75) is 19.4 Å². The first-order valence-electron chi connectivity index (χ1n) is 9.10. The number of carboxylic acids is 1. The second kappa shape index (κ2) is 10.6. The Bertz CT molecular complexity index is 1090. The lowest BCUT2D eigenvalue weighted by atomic mass is 10.0. The number of carboxylic acid groups (broad SMARTS) is 1. The summed E-state index contributed by atoms with van der Waals surface area (Å²) >= 11 is 15.5. The highest BCUT2D eigenvalue weighted by atomic mass is 79.9. The molecule has 0 unspecified atom stereocenters. The molecule has 154 valence electrons. The molecule has 1 aromatic heterocycles. The average molecular weight is 507 g/mol. The van der Waals surface area contributed by atoms with Crippen molar-refractivity contribution in [3.63, 3.8) is 0 Å². The maximum atomic E-state index is 11.1. The lowest BCUT2D eigenvalue weighted by Gasteiger charge is -2.10. The normalized spacial score (nSPS) is 11.0. The van der Waals surface area contributed by atoms with Crippen LogP contribution in [-0.2, 0) is 24.2 Å². The van der Waals surface area contributed by atoms with Gasteiger partial charge in [-0.15, -0.1) is 0 Å². The second-order valence-corrected chi connectivity index (χ2v) is 8.26. The summed E-state index contributed by atoms with van der Waals surface area (Å²) < 4.78 is 6.65. The minimum atomic E-state index is -0.865. The number of aromatic nitrogens is 1. The number of nitrogens with zero attached hydrogens (tertiary/aromatic N) is 1. The van der Waals surface area contributed by atoms with Crippen LogP contribution in [0.15, 0.2) is 65.1 Å². The Balaban J connectivity index is 1.76. The first-order valence-corrected chi connectivity index (χ1v) is 10.6. The van der Waals surface area contributed by atoms with E-state index in [9.17, 15) is 4.79 Å². The lowest BCUT2D eigenvalue weighted by molar-refractivity contribution is -0.136. The van der Waals surface area contributed by atoms with E-state index >= 15 is 0 Å². The summed E-state index contributed by atoms with van der Waals surface area (Å²) in [6.45, 7) is 0.328. The van der Waals surface area contributed by atoms with Gasteiger partial charge in [-0.25, -0.2) is 4.98 Å². The van der Waals surface area contributed by atoms with Crippen molar-refractivity contribution in [1.29, 1.82) is 0 Å². The largest absolute Gasteiger partial charge is 0.481 e. The van der Waals surface area contributed by atoms with Crippen molar-refractivity contribution >= 4 is 51.2 Å². The number of pyridine rings is 1. The van der Waals surface area contributed by atoms with Crippen LogP contribution in [0.2, 0.25) is 10.2 Å². The van der Waals surface area contributed by atoms with Crippen LogP contribution in [0.4, 0.5) is 0 Å². The molecule has 7 heteroatoms. The highest BCUT2D eigenvalue weighted by Gasteiger charge is 2.07. The van der Waals surface area contributed by atoms with Gasteiger partial charge in [0.05, 0.1) is 6.42 Å². The zero-order chi connectivity index (χ0) is 21.5. The van der Waals surface area contributed by atoms with E-state index in [1.807, 2.05) is 48.6 Å². The minimum absolute atomic E-state index is 0.0319. The molecule has 2 aromatic carbocycles. The molecule has 0 bridgehead atoms. The molecule has 3 rings (SSSR count). The third kappa shape index (κ3) is 6.59. The average Bonchev–Trinajstić information content (AvgIpc) is 2.69. The summed E-state index contributed by atoms with van der Waals surface area (Å²) in [7, 11) is 0. The number of hydrogen-bond donors (Lipinski definition) is 1. The first-order chi connectivity index (χ1) is 14.4. The van der Waals surface area contributed by atoms with Crippen LogP contribution in [-0.4, -0.2) is 16.1 Å². The fourth-order valence-corrected chi connectivity index (χ4v) is 3.63. The third-order valence-corrected chi connectivity index (χ3v) is 5.26. The van der Waals surface area contributed by atoms with Crippen molar-refractivity contribution in [2.75, 3.05) is 0 Å². The van der Waals surface area contributed by atoms with E-state index in [1.54, 1.807) is 18.2 Å². The van der Waals surface area contributed by atoms with Gasteiger partial charge in [0.1, 0.15) is 11.8 Å². The highest BCUT2D eigenvalue weighted by molar-refractivity contribution is 9.10. The van der Waals surface area contributed by atoms with Crippen LogP contribution in [0.25, 0.3) is 6.08 Å². The van der Waals surface area contributed by atoms with Crippen LogP contribution in [0.1, 0.15) is 22.3 Å². The van der Waals surface area contributed by atoms with E-state index in [0.717, 1.165) is 26.7 Å². The smallest absolute Gasteiger partial charge is 0.307 e. The molecular formula is C23H18BrCl2NO3. The number of carbonyl (C=O) groups is 1. The zero-order valence-electron chi connectivity index (χ0n) is 15.8. The molecular weight excluding hydrogens is 489 g/mol. The Morgan fingerprint density at radius 3 is 2.63 bits per heavy atom. The number of hydrogen-bond acceptors (Lipinski definition) is 3. The molecule has 0 radical (unpaired) electrons. The maximum absolute atomic E-state index is 11.1. The van der Waals surface area contributed by atoms with Gasteiger partial charge in [0, 0.05) is 15.6 Å². The Morgan fingerprint density at radius 1 is 1.07 bits per heavy atom. The summed E-state index contributed by atoms with van der Waals surface area (Å²) in [5.41, 5.74) is 3.60. The molecule has 3 aromatic rings. The van der Waals surface area contributed by atoms with E-state index in [2.05, 4.69) is 20.9 Å². The molecule has 0 atom stereocenters. The third-order valence-electron chi connectivity index (χ3n) is 4.32. The number of benzene rings is 2. The Kier molecular flexibility index (Phi) is 7.91. The van der Waals surface area contributed by atoms with Gasteiger partial charge in [-0.05, 0) is 59.0 Å². The van der Waals surface area contributed by atoms with Gasteiger partial charge in [-0.1, -0.05) is 69.5 Å². The van der Waals surface area contributed by atoms with Crippen LogP contribution < -0.4 is 4.74 Å². The fraction of sp³-hybridized carbons (Fsp3) is 0.130. The summed E-state index contributed by atoms with van der Waals surface area (Å²) in [5, 5.41) is 10.1. The quantitative estimate of drug-likeness (QED) is 0.349. The molecule has 0 saturated heterocycles. The number of aliphatic carboxylic acids is 1. The van der Waals surface area contributed by atoms with Crippen molar-refractivity contribution in [3.8, 4) is 5.88 Å². The summed E-state index contributed by atoms with van der Waals surface area (Å²) in [6.07, 6.45) is 4.49. The van der Waals surface area contributed by atoms with Gasteiger partial charge in [0.15, 0.2) is 0 Å². The summed E-state index contributed by atoms with van der Waals surface area (Å²) in [6, 6.07) is 16.4. The predicted molar refractivity (Wildman–Crippen MR) is 123 cm³/mol. The van der Waals surface area contributed by atoms with Gasteiger partial charge < -0.3 is 9.84 Å². The van der Waals surface area contributed by atoms with Crippen molar-refractivity contribution in [1.82, 2.24) is 4.98 Å². The zero-order valence-corrected chi connectivity index (χ0v) is 18.9. The van der Waals surface area contributed by atoms with Crippen LogP contribution in [0.3, 0.4) is 0 Å². The number of halogens is 3. The second-order valence-electron chi connectivity index (χ2n) is 6.52. The van der Waals surface area contributed by atoms with Crippen molar-refractivity contribution < 1.29 is 14.6 Å². The van der Waals surface area contributed by atoms with Gasteiger partial charge in [-0.2, -0.15) is 0 Å². The molecule has 0 saturated carbocycles. The molecule has 4 nitrogen and oxygen atoms in total. The molecule has 0 aliphatic carbocycles. The monoisotopic (exact) mass is 505 g/mol. The van der Waals surface area contributed by atoms with Gasteiger partial charge in [0.25, 0.3) is 0 Å². The molecule has 0 aliphatic rings. The van der Waals surface area contributed by atoms with Crippen molar-refractivity contribution in [2.24, 2.45) is 0 Å². The van der Waals surface area contributed by atoms with Gasteiger partial charge in [-0.3, -0.25) is 4.79 Å². The summed E-state index contributed by atoms with van der Waals surface area (Å²) in [5.74, 6) is -0.415. The van der Waals surface area contributed by atoms with E-state index in [0.29, 0.717) is 29.1 Å². The molecule has 0 amide bonds. The molecule has 30 heavy (non-hydrogen) atoms. The van der Waals surface area contributed by atoms with E-state index < -0.39 is 5.97 Å². The van der Waals surface area contributed by atoms with Crippen LogP contribution in [0.5, 0.6) is 5.88 Å². The predicted octanol–water partition coefficient (Wildman–Crippen LogP) is 6.61. The summed E-state index contributed by atoms with van der Waals surface area (Å²) in [4.78, 5) is 15.2. The van der Waals surface area contributed by atoms with E-state index in [-0.39, 0.29) is 6.42 Å². The van der Waals surface area contributed by atoms with Gasteiger partial charge >= 0.3 is 5.97 Å². The Labute approximate surface area is 193 Å². The molecule has 0 fully saturated rings. The first kappa shape index (κ1) is 22.3. The van der Waals surface area contributed by atoms with Crippen LogP contribution >= 0.6 is 39.1 Å². The molecule has 1 N–H and O–H groups in total. The van der Waals surface area contributed by atoms with Crippen LogP contribution in [0, 0.1) is 0 Å². The van der Waals surface area contributed by atoms with E-state index in [4.69, 9.17) is 33.0 Å². The van der Waals surface area contributed by atoms with E-state index in [1.165, 1.54) is 0 Å². The maximum Gasteiger partial charge on any atom is 0.307 e. The standard InChI is InChI=1S/C23H18BrCl2NO3/c24-19-9-7-17(13-23(28)29)15(11-19)3-1-4-16-12-20(25)10-8-18(16)14-30-22-6-2-5-21(26)27-22/h1-3,5-12H,4,13-14H2,(H,28,29)/b3-1+. The highest BCUT2D eigenvalue weighted by Crippen LogP contribution is 2.22. The molecule has 1 heterocycles. The Morgan fingerprint density at radius 2 is 1.87 bits per heavy atom. The Hall–Kier alpha value is -2.34. The topological polar surface area (TPSA) is 59.4 Å². The van der Waals surface area contributed by atoms with Crippen molar-refractivity contribution in [3.05, 3.63) is 97.6 Å². The number of ether oxygens (including phenoxy) is 1. The molecule has 0 spiro atoms. The SMILES string of the molecule is O=C(O)Cc1ccc(Br)cc1/C=C/Cc1cc(Cl)ccc1COc1cccc(Cl)n1. The van der Waals surface area contributed by atoms with Gasteiger partial charge in [0.2, 0.25) is 5.88 Å². The fourth-order valence-electron chi connectivity index (χ4n) is 2.90. The number of rotatable bonds is 8. The minimum Gasteiger partial charge on any atom is -0.481 e. The number of allylic oxidation sites excluding steroid dienone is 1. The lowest BCUT2D eigenvalue weighted by Crippen LogP contribution is -2.02.